The maximum atomic E-state index is 12.9. The zero-order chi connectivity index (χ0) is 22.1. The van der Waals surface area contributed by atoms with Gasteiger partial charge >= 0.3 is 24.2 Å². The molecule has 1 rings (SSSR count). The third-order valence-electron chi connectivity index (χ3n) is 3.48. The van der Waals surface area contributed by atoms with Crippen LogP contribution in [0, 0.1) is 5.41 Å². The first-order valence-electron chi connectivity index (χ1n) is 8.23. The van der Waals surface area contributed by atoms with E-state index < -0.39 is 46.5 Å². The molecule has 0 spiro atoms. The van der Waals surface area contributed by atoms with Gasteiger partial charge in [0.05, 0.1) is 11.1 Å². The van der Waals surface area contributed by atoms with Gasteiger partial charge < -0.3 is 10.6 Å². The van der Waals surface area contributed by atoms with Crippen molar-refractivity contribution in [1.82, 2.24) is 5.32 Å². The highest BCUT2D eigenvalue weighted by Gasteiger charge is 2.37. The molecule has 1 aromatic carbocycles. The van der Waals surface area contributed by atoms with Crippen molar-refractivity contribution in [2.24, 2.45) is 5.41 Å². The molecule has 0 heterocycles. The van der Waals surface area contributed by atoms with Crippen molar-refractivity contribution < 1.29 is 35.9 Å². The number of rotatable bonds is 3. The van der Waals surface area contributed by atoms with Gasteiger partial charge in [0.1, 0.15) is 0 Å². The van der Waals surface area contributed by atoms with Gasteiger partial charge in [-0.05, 0) is 43.9 Å². The summed E-state index contributed by atoms with van der Waals surface area (Å²) in [5.41, 5.74) is -4.99. The molecule has 0 aliphatic rings. The number of carbonyl (C=O) groups is 2. The average Bonchev–Trinajstić information content (AvgIpc) is 2.41. The van der Waals surface area contributed by atoms with E-state index in [2.05, 4.69) is 5.32 Å². The van der Waals surface area contributed by atoms with Gasteiger partial charge in [-0.25, -0.2) is 0 Å². The van der Waals surface area contributed by atoms with Crippen LogP contribution in [0.4, 0.5) is 32.0 Å². The van der Waals surface area contributed by atoms with Gasteiger partial charge in [0, 0.05) is 11.2 Å². The number of amides is 2. The Balaban J connectivity index is 3.06. The van der Waals surface area contributed by atoms with Gasteiger partial charge in [-0.2, -0.15) is 26.3 Å². The van der Waals surface area contributed by atoms with Crippen LogP contribution >= 0.6 is 0 Å². The zero-order valence-corrected chi connectivity index (χ0v) is 16.0. The van der Waals surface area contributed by atoms with Crippen LogP contribution in [-0.2, 0) is 21.9 Å². The van der Waals surface area contributed by atoms with Crippen LogP contribution in [0.5, 0.6) is 0 Å². The van der Waals surface area contributed by atoms with Crippen molar-refractivity contribution in [3.05, 3.63) is 29.3 Å². The van der Waals surface area contributed by atoms with E-state index in [1.165, 1.54) is 0 Å². The Hall–Kier alpha value is -2.26. The van der Waals surface area contributed by atoms with Crippen LogP contribution in [0.3, 0.4) is 0 Å². The molecular weight excluding hydrogens is 390 g/mol. The summed E-state index contributed by atoms with van der Waals surface area (Å²) in [5, 5.41) is 4.23. The summed E-state index contributed by atoms with van der Waals surface area (Å²) >= 11 is 0. The monoisotopic (exact) mass is 412 g/mol. The van der Waals surface area contributed by atoms with Crippen molar-refractivity contribution in [2.45, 2.75) is 58.9 Å². The van der Waals surface area contributed by atoms with E-state index in [1.54, 1.807) is 19.2 Å². The Labute approximate surface area is 158 Å². The van der Waals surface area contributed by atoms with Crippen LogP contribution in [-0.4, -0.2) is 17.4 Å². The Morgan fingerprint density at radius 1 is 0.786 bits per heavy atom. The Bertz CT molecular complexity index is 714. The number of halogens is 6. The fraction of sp³-hybridized carbons (Fsp3) is 0.556. The predicted molar refractivity (Wildman–Crippen MR) is 91.4 cm³/mol. The predicted octanol–water partition coefficient (Wildman–Crippen LogP) is 4.99. The molecule has 2 amide bonds. The lowest BCUT2D eigenvalue weighted by molar-refractivity contribution is -0.143. The molecule has 4 nitrogen and oxygen atoms in total. The fourth-order valence-electron chi connectivity index (χ4n) is 2.95. The number of nitrogens with one attached hydrogen (secondary N) is 2. The highest BCUT2D eigenvalue weighted by atomic mass is 19.4. The molecule has 0 radical (unpaired) electrons. The quantitative estimate of drug-likeness (QED) is 0.543. The maximum absolute atomic E-state index is 12.9. The third-order valence-corrected chi connectivity index (χ3v) is 3.48. The number of benzene rings is 1. The summed E-state index contributed by atoms with van der Waals surface area (Å²) in [6.07, 6.45) is -9.64. The van der Waals surface area contributed by atoms with Crippen LogP contribution in [0.1, 0.15) is 52.2 Å². The molecule has 0 bridgehead atoms. The number of hydrogen-bond acceptors (Lipinski definition) is 2. The minimum Gasteiger partial charge on any atom is -0.343 e. The molecular formula is C18H22F6N2O2. The highest BCUT2D eigenvalue weighted by molar-refractivity contribution is 6.39. The van der Waals surface area contributed by atoms with E-state index >= 15 is 0 Å². The summed E-state index contributed by atoms with van der Waals surface area (Å²) in [5.74, 6) is -2.53. The van der Waals surface area contributed by atoms with Crippen molar-refractivity contribution >= 4 is 17.5 Å². The van der Waals surface area contributed by atoms with Gasteiger partial charge in [0.25, 0.3) is 0 Å². The first-order chi connectivity index (χ1) is 12.3. The van der Waals surface area contributed by atoms with Gasteiger partial charge in [-0.3, -0.25) is 9.59 Å². The molecule has 0 atom stereocenters. The molecule has 158 valence electrons. The highest BCUT2D eigenvalue weighted by Crippen LogP contribution is 2.37. The standard InChI is InChI=1S/C18H22F6N2O2/c1-15(2,3)9-16(4,5)26-14(28)13(27)25-12-7-10(17(19,20)21)6-11(8-12)18(22,23)24/h6-8H,9H2,1-5H3,(H,25,27)(H,26,28). The van der Waals surface area contributed by atoms with E-state index in [-0.39, 0.29) is 11.5 Å². The number of alkyl halides is 6. The van der Waals surface area contributed by atoms with Crippen molar-refractivity contribution in [2.75, 3.05) is 5.32 Å². The number of hydrogen-bond donors (Lipinski definition) is 2. The van der Waals surface area contributed by atoms with E-state index in [9.17, 15) is 35.9 Å². The lowest BCUT2D eigenvalue weighted by Crippen LogP contribution is -2.49. The summed E-state index contributed by atoms with van der Waals surface area (Å²) in [4.78, 5) is 24.0. The number of carbonyl (C=O) groups excluding carboxylic acids is 2. The summed E-state index contributed by atoms with van der Waals surface area (Å²) in [6.45, 7) is 9.01. The Kier molecular flexibility index (Phi) is 6.48. The van der Waals surface area contributed by atoms with E-state index in [0.29, 0.717) is 18.6 Å². The second-order valence-corrected chi connectivity index (χ2v) is 8.32. The van der Waals surface area contributed by atoms with E-state index in [0.717, 1.165) is 0 Å². The molecule has 2 N–H and O–H groups in total. The lowest BCUT2D eigenvalue weighted by atomic mass is 9.82. The molecule has 28 heavy (non-hydrogen) atoms. The molecule has 0 aromatic heterocycles. The Morgan fingerprint density at radius 3 is 1.57 bits per heavy atom. The summed E-state index contributed by atoms with van der Waals surface area (Å²) in [7, 11) is 0. The molecule has 1 aromatic rings. The molecule has 0 saturated carbocycles. The van der Waals surface area contributed by atoms with Crippen LogP contribution in [0.25, 0.3) is 0 Å². The molecule has 0 saturated heterocycles. The molecule has 0 aliphatic carbocycles. The minimum atomic E-state index is -5.06. The second kappa shape index (κ2) is 7.63. The van der Waals surface area contributed by atoms with Crippen molar-refractivity contribution in [3.63, 3.8) is 0 Å². The van der Waals surface area contributed by atoms with Gasteiger partial charge in [0.15, 0.2) is 0 Å². The normalized spacial score (nSPS) is 13.2. The van der Waals surface area contributed by atoms with Crippen LogP contribution in [0.2, 0.25) is 0 Å². The van der Waals surface area contributed by atoms with E-state index in [4.69, 9.17) is 0 Å². The molecule has 10 heteroatoms. The largest absolute Gasteiger partial charge is 0.416 e. The minimum absolute atomic E-state index is 0.0673. The van der Waals surface area contributed by atoms with Crippen molar-refractivity contribution in [3.8, 4) is 0 Å². The second-order valence-electron chi connectivity index (χ2n) is 8.32. The molecule has 0 aliphatic heterocycles. The van der Waals surface area contributed by atoms with Crippen LogP contribution < -0.4 is 10.6 Å². The first kappa shape index (κ1) is 23.8. The lowest BCUT2D eigenvalue weighted by Gasteiger charge is -2.33. The molecule has 0 fully saturated rings. The average molecular weight is 412 g/mol. The first-order valence-corrected chi connectivity index (χ1v) is 8.23. The topological polar surface area (TPSA) is 58.2 Å². The maximum Gasteiger partial charge on any atom is 0.416 e. The smallest absolute Gasteiger partial charge is 0.343 e. The van der Waals surface area contributed by atoms with Gasteiger partial charge in [-0.15, -0.1) is 0 Å². The van der Waals surface area contributed by atoms with Crippen LogP contribution in [0.15, 0.2) is 18.2 Å². The fourth-order valence-corrected chi connectivity index (χ4v) is 2.95. The molecule has 0 unspecified atom stereocenters. The SMILES string of the molecule is CC(C)(C)CC(C)(C)NC(=O)C(=O)Nc1cc(C(F)(F)F)cc(C(F)(F)F)c1. The zero-order valence-electron chi connectivity index (χ0n) is 16.0. The van der Waals surface area contributed by atoms with Crippen molar-refractivity contribution in [1.29, 1.82) is 0 Å². The van der Waals surface area contributed by atoms with E-state index in [1.807, 2.05) is 20.8 Å². The van der Waals surface area contributed by atoms with Gasteiger partial charge in [0.2, 0.25) is 0 Å². The van der Waals surface area contributed by atoms with Gasteiger partial charge in [-0.1, -0.05) is 20.8 Å². The third kappa shape index (κ3) is 7.40. The Morgan fingerprint density at radius 2 is 1.21 bits per heavy atom. The summed E-state index contributed by atoms with van der Waals surface area (Å²) < 4.78 is 77.1. The summed E-state index contributed by atoms with van der Waals surface area (Å²) in [6, 6.07) is 0.601. The number of anilines is 1.